The van der Waals surface area contributed by atoms with Crippen molar-refractivity contribution in [2.24, 2.45) is 0 Å². The first-order valence-corrected chi connectivity index (χ1v) is 10.1. The van der Waals surface area contributed by atoms with E-state index in [1.807, 2.05) is 0 Å². The number of benzene rings is 1. The molecule has 0 amide bonds. The summed E-state index contributed by atoms with van der Waals surface area (Å²) >= 11 is 0. The van der Waals surface area contributed by atoms with Crippen LogP contribution in [0.15, 0.2) is 36.5 Å². The van der Waals surface area contributed by atoms with Gasteiger partial charge >= 0.3 is 7.60 Å². The van der Waals surface area contributed by atoms with Crippen LogP contribution in [0.1, 0.15) is 25.2 Å². The molecule has 0 radical (unpaired) electrons. The van der Waals surface area contributed by atoms with Gasteiger partial charge in [0.2, 0.25) is 5.75 Å². The van der Waals surface area contributed by atoms with E-state index in [1.54, 1.807) is 50.4 Å². The Bertz CT molecular complexity index is 752. The summed E-state index contributed by atoms with van der Waals surface area (Å²) in [7, 11) is -0.795. The Labute approximate surface area is 159 Å². The summed E-state index contributed by atoms with van der Waals surface area (Å²) in [6.45, 7) is 3.87. The zero-order valence-electron chi connectivity index (χ0n) is 15.8. The number of pyridine rings is 1. The van der Waals surface area contributed by atoms with Gasteiger partial charge in [0.25, 0.3) is 0 Å². The molecule has 1 unspecified atom stereocenters. The number of phenolic OH excluding ortho intramolecular Hbond substituents is 1. The predicted octanol–water partition coefficient (Wildman–Crippen LogP) is 4.18. The van der Waals surface area contributed by atoms with Crippen LogP contribution in [-0.4, -0.2) is 37.5 Å². The van der Waals surface area contributed by atoms with Crippen LogP contribution in [0.2, 0.25) is 0 Å². The Kier molecular flexibility index (Phi) is 7.47. The Morgan fingerprint density at radius 3 is 2.15 bits per heavy atom. The second-order valence-electron chi connectivity index (χ2n) is 5.41. The highest BCUT2D eigenvalue weighted by molar-refractivity contribution is 7.54. The van der Waals surface area contributed by atoms with E-state index in [4.69, 9.17) is 18.5 Å². The van der Waals surface area contributed by atoms with Gasteiger partial charge in [-0.2, -0.15) is 0 Å². The lowest BCUT2D eigenvalue weighted by atomic mass is 10.1. The number of hydrogen-bond donors (Lipinski definition) is 2. The molecule has 0 aliphatic carbocycles. The topological polar surface area (TPSA) is 99.1 Å². The standard InChI is InChI=1S/C18H25N2O6P/c1-5-25-27(22,26-6-2)18(20-16-9-7-8-10-19-16)13-11-14(23-3)17(21)15(12-13)24-4/h7-12,18,21H,5-6H2,1-4H3,(H,19,20). The van der Waals surface area contributed by atoms with E-state index < -0.39 is 13.4 Å². The van der Waals surface area contributed by atoms with Gasteiger partial charge in [0.05, 0.1) is 27.4 Å². The molecule has 1 heterocycles. The molecule has 148 valence electrons. The van der Waals surface area contributed by atoms with Crippen LogP contribution >= 0.6 is 7.60 Å². The largest absolute Gasteiger partial charge is 0.502 e. The predicted molar refractivity (Wildman–Crippen MR) is 103 cm³/mol. The molecule has 0 fully saturated rings. The van der Waals surface area contributed by atoms with Gasteiger partial charge in [0.1, 0.15) is 5.82 Å². The maximum absolute atomic E-state index is 13.5. The molecular formula is C18H25N2O6P. The van der Waals surface area contributed by atoms with Crippen LogP contribution in [0.3, 0.4) is 0 Å². The van der Waals surface area contributed by atoms with E-state index in [0.717, 1.165) is 0 Å². The number of rotatable bonds is 10. The minimum Gasteiger partial charge on any atom is -0.502 e. The smallest absolute Gasteiger partial charge is 0.357 e. The molecule has 2 N–H and O–H groups in total. The van der Waals surface area contributed by atoms with E-state index in [-0.39, 0.29) is 30.5 Å². The highest BCUT2D eigenvalue weighted by atomic mass is 31.2. The lowest BCUT2D eigenvalue weighted by molar-refractivity contribution is 0.214. The maximum atomic E-state index is 13.5. The van der Waals surface area contributed by atoms with E-state index in [0.29, 0.717) is 11.4 Å². The van der Waals surface area contributed by atoms with Gasteiger partial charge in [-0.3, -0.25) is 4.57 Å². The molecule has 0 spiro atoms. The summed E-state index contributed by atoms with van der Waals surface area (Å²) in [5.74, 6) is -0.194. The lowest BCUT2D eigenvalue weighted by Crippen LogP contribution is -2.16. The van der Waals surface area contributed by atoms with Crippen molar-refractivity contribution in [3.8, 4) is 17.2 Å². The number of nitrogens with zero attached hydrogens (tertiary/aromatic N) is 1. The number of aromatic nitrogens is 1. The first kappa shape index (κ1) is 21.0. The zero-order valence-corrected chi connectivity index (χ0v) is 16.7. The van der Waals surface area contributed by atoms with E-state index in [1.165, 1.54) is 14.2 Å². The molecule has 2 aromatic rings. The van der Waals surface area contributed by atoms with Crippen LogP contribution in [-0.2, 0) is 13.6 Å². The van der Waals surface area contributed by atoms with Crippen molar-refractivity contribution < 1.29 is 28.2 Å². The SMILES string of the molecule is CCOP(=O)(OCC)C(Nc1ccccn1)c1cc(OC)c(O)c(OC)c1. The number of hydrogen-bond acceptors (Lipinski definition) is 8. The number of aromatic hydroxyl groups is 1. The van der Waals surface area contributed by atoms with Gasteiger partial charge in [0.15, 0.2) is 17.3 Å². The maximum Gasteiger partial charge on any atom is 0.357 e. The quantitative estimate of drug-likeness (QED) is 0.577. The van der Waals surface area contributed by atoms with Crippen molar-refractivity contribution in [3.63, 3.8) is 0 Å². The van der Waals surface area contributed by atoms with Crippen LogP contribution in [0.5, 0.6) is 17.2 Å². The second-order valence-corrected chi connectivity index (χ2v) is 7.52. The molecule has 0 aliphatic rings. The second kappa shape index (κ2) is 9.60. The Hall–Kier alpha value is -2.28. The average Bonchev–Trinajstić information content (AvgIpc) is 2.67. The van der Waals surface area contributed by atoms with Gasteiger partial charge in [-0.25, -0.2) is 4.98 Å². The van der Waals surface area contributed by atoms with Crippen molar-refractivity contribution in [1.29, 1.82) is 0 Å². The van der Waals surface area contributed by atoms with Gasteiger partial charge in [-0.05, 0) is 43.7 Å². The van der Waals surface area contributed by atoms with Gasteiger partial charge in [-0.15, -0.1) is 0 Å². The van der Waals surface area contributed by atoms with Gasteiger partial charge in [0, 0.05) is 6.20 Å². The summed E-state index contributed by atoms with van der Waals surface area (Å²) in [6.07, 6.45) is 1.61. The fourth-order valence-corrected chi connectivity index (χ4v) is 4.45. The normalized spacial score (nSPS) is 12.4. The number of phenols is 1. The van der Waals surface area contributed by atoms with E-state index in [2.05, 4.69) is 10.3 Å². The third-order valence-corrected chi connectivity index (χ3v) is 6.00. The Balaban J connectivity index is 2.59. The number of methoxy groups -OCH3 is 2. The highest BCUT2D eigenvalue weighted by Crippen LogP contribution is 2.61. The molecule has 1 aromatic carbocycles. The summed E-state index contributed by atoms with van der Waals surface area (Å²) in [6, 6.07) is 8.44. The zero-order chi connectivity index (χ0) is 19.9. The van der Waals surface area contributed by atoms with Crippen molar-refractivity contribution in [3.05, 3.63) is 42.1 Å². The van der Waals surface area contributed by atoms with Crippen molar-refractivity contribution in [1.82, 2.24) is 4.98 Å². The fraction of sp³-hybridized carbons (Fsp3) is 0.389. The molecule has 0 bridgehead atoms. The van der Waals surface area contributed by atoms with Crippen molar-refractivity contribution in [2.45, 2.75) is 19.6 Å². The minimum absolute atomic E-state index is 0.150. The molecule has 2 rings (SSSR count). The minimum atomic E-state index is -3.64. The van der Waals surface area contributed by atoms with Crippen molar-refractivity contribution in [2.75, 3.05) is 32.8 Å². The summed E-state index contributed by atoms with van der Waals surface area (Å²) in [5.41, 5.74) is 0.498. The van der Waals surface area contributed by atoms with Crippen molar-refractivity contribution >= 4 is 13.4 Å². The molecule has 1 aromatic heterocycles. The Morgan fingerprint density at radius 1 is 1.11 bits per heavy atom. The molecule has 0 saturated carbocycles. The molecule has 8 nitrogen and oxygen atoms in total. The molecule has 0 aliphatic heterocycles. The molecule has 1 atom stereocenters. The summed E-state index contributed by atoms with van der Waals surface area (Å²) in [5, 5.41) is 13.3. The highest BCUT2D eigenvalue weighted by Gasteiger charge is 2.38. The molecule has 9 heteroatoms. The molecule has 0 saturated heterocycles. The van der Waals surface area contributed by atoms with Gasteiger partial charge in [-0.1, -0.05) is 6.07 Å². The lowest BCUT2D eigenvalue weighted by Gasteiger charge is -2.28. The fourth-order valence-electron chi connectivity index (χ4n) is 2.55. The first-order valence-electron chi connectivity index (χ1n) is 8.50. The number of nitrogens with one attached hydrogen (secondary N) is 1. The van der Waals surface area contributed by atoms with Crippen LogP contribution in [0.25, 0.3) is 0 Å². The third-order valence-electron chi connectivity index (χ3n) is 3.70. The number of anilines is 1. The third kappa shape index (κ3) is 4.91. The van der Waals surface area contributed by atoms with Crippen LogP contribution < -0.4 is 14.8 Å². The van der Waals surface area contributed by atoms with Gasteiger partial charge < -0.3 is 28.9 Å². The summed E-state index contributed by atoms with van der Waals surface area (Å²) in [4.78, 5) is 4.23. The van der Waals surface area contributed by atoms with Crippen LogP contribution in [0.4, 0.5) is 5.82 Å². The number of ether oxygens (including phenoxy) is 2. The van der Waals surface area contributed by atoms with E-state index in [9.17, 15) is 9.67 Å². The summed E-state index contributed by atoms with van der Waals surface area (Å²) < 4.78 is 35.0. The Morgan fingerprint density at radius 2 is 1.70 bits per heavy atom. The first-order chi connectivity index (χ1) is 13.0. The van der Waals surface area contributed by atoms with E-state index >= 15 is 0 Å². The average molecular weight is 396 g/mol. The molecular weight excluding hydrogens is 371 g/mol. The van der Waals surface area contributed by atoms with Crippen LogP contribution in [0, 0.1) is 0 Å². The monoisotopic (exact) mass is 396 g/mol. The molecule has 27 heavy (non-hydrogen) atoms.